The minimum atomic E-state index is -1.01. The number of hydrogen-bond acceptors (Lipinski definition) is 9. The lowest BCUT2D eigenvalue weighted by Crippen LogP contribution is -2.53. The summed E-state index contributed by atoms with van der Waals surface area (Å²) in [5.74, 6) is -0.676. The average Bonchev–Trinajstić information content (AvgIpc) is 3.42. The van der Waals surface area contributed by atoms with E-state index in [1.54, 1.807) is 31.9 Å². The lowest BCUT2D eigenvalue weighted by atomic mass is 9.93. The molecule has 1 aromatic heterocycles. The number of nitrogens with zero attached hydrogens (tertiary/aromatic N) is 5. The molecule has 0 spiro atoms. The number of aliphatic carboxylic acids is 1. The van der Waals surface area contributed by atoms with E-state index in [1.165, 1.54) is 11.3 Å². The Bertz CT molecular complexity index is 1020. The Hall–Kier alpha value is -2.99. The van der Waals surface area contributed by atoms with Gasteiger partial charge in [-0.05, 0) is 20.8 Å². The number of amidine groups is 1. The molecule has 4 heterocycles. The number of aliphatic imine (C=N–C) groups is 1. The van der Waals surface area contributed by atoms with Crippen molar-refractivity contribution in [1.29, 1.82) is 0 Å². The van der Waals surface area contributed by atoms with Crippen LogP contribution in [0.25, 0.3) is 0 Å². The van der Waals surface area contributed by atoms with Gasteiger partial charge < -0.3 is 25.0 Å². The first-order valence-electron chi connectivity index (χ1n) is 11.3. The molecule has 0 bridgehead atoms. The van der Waals surface area contributed by atoms with Crippen molar-refractivity contribution in [2.75, 3.05) is 52.4 Å². The number of amides is 2. The van der Waals surface area contributed by atoms with Crippen LogP contribution in [0.15, 0.2) is 27.8 Å². The number of piperazine rings is 1. The maximum absolute atomic E-state index is 12.9. The zero-order valence-corrected chi connectivity index (χ0v) is 20.4. The van der Waals surface area contributed by atoms with E-state index < -0.39 is 11.4 Å². The van der Waals surface area contributed by atoms with Crippen LogP contribution in [0.4, 0.5) is 4.79 Å². The SMILES string of the molecule is CCOC(=O)C1=C(CN2CCN3C(=O)N(CC(C)(C)C(=O)O)C[C@@H]3C2)NC(c2nccs2)=NC1. The number of esters is 1. The number of hydrogen-bond donors (Lipinski definition) is 2. The van der Waals surface area contributed by atoms with Gasteiger partial charge in [-0.25, -0.2) is 14.6 Å². The molecule has 34 heavy (non-hydrogen) atoms. The Morgan fingerprint density at radius 2 is 2.12 bits per heavy atom. The number of carbonyl (C=O) groups is 3. The number of rotatable bonds is 8. The fraction of sp³-hybridized carbons (Fsp3) is 0.591. The van der Waals surface area contributed by atoms with E-state index >= 15 is 0 Å². The minimum absolute atomic E-state index is 0.0341. The molecule has 2 saturated heterocycles. The largest absolute Gasteiger partial charge is 0.481 e. The van der Waals surface area contributed by atoms with Crippen molar-refractivity contribution in [3.63, 3.8) is 0 Å². The number of urea groups is 1. The summed E-state index contributed by atoms with van der Waals surface area (Å²) in [6, 6.07) is -0.146. The van der Waals surface area contributed by atoms with E-state index in [9.17, 15) is 19.5 Å². The molecule has 3 aliphatic heterocycles. The molecule has 0 aliphatic carbocycles. The van der Waals surface area contributed by atoms with Crippen molar-refractivity contribution in [2.45, 2.75) is 26.8 Å². The predicted octanol–water partition coefficient (Wildman–Crippen LogP) is 0.843. The standard InChI is InChI=1S/C22H30N6O5S/c1-4-33-19(29)15-9-24-17(18-23-5-8-34-18)25-16(15)12-26-6-7-28-14(10-26)11-27(21(28)32)13-22(2,3)20(30)31/h5,8,14H,4,6-7,9-13H2,1-3H3,(H,24,25)(H,30,31)/t14-/m0/s1. The van der Waals surface area contributed by atoms with Gasteiger partial charge in [0.05, 0.1) is 30.2 Å². The van der Waals surface area contributed by atoms with E-state index in [0.29, 0.717) is 44.1 Å². The first-order chi connectivity index (χ1) is 16.2. The van der Waals surface area contributed by atoms with Crippen LogP contribution < -0.4 is 5.32 Å². The molecule has 184 valence electrons. The summed E-state index contributed by atoms with van der Waals surface area (Å²) < 4.78 is 5.24. The molecule has 4 rings (SSSR count). The van der Waals surface area contributed by atoms with Gasteiger partial charge in [0.25, 0.3) is 0 Å². The number of fused-ring (bicyclic) bond motifs is 1. The third kappa shape index (κ3) is 4.92. The number of carboxylic acids is 1. The van der Waals surface area contributed by atoms with Crippen molar-refractivity contribution in [3.05, 3.63) is 27.9 Å². The van der Waals surface area contributed by atoms with Crippen LogP contribution in [-0.4, -0.2) is 107 Å². The highest BCUT2D eigenvalue weighted by molar-refractivity contribution is 7.11. The van der Waals surface area contributed by atoms with Crippen LogP contribution in [-0.2, 0) is 14.3 Å². The van der Waals surface area contributed by atoms with E-state index in [2.05, 4.69) is 20.2 Å². The second kappa shape index (κ2) is 9.71. The second-order valence-corrected chi connectivity index (χ2v) is 10.1. The van der Waals surface area contributed by atoms with Crippen LogP contribution in [0.1, 0.15) is 25.8 Å². The number of carbonyl (C=O) groups excluding carboxylic acids is 2. The van der Waals surface area contributed by atoms with E-state index in [1.807, 2.05) is 10.3 Å². The number of carboxylic acid groups (broad SMARTS) is 1. The predicted molar refractivity (Wildman–Crippen MR) is 126 cm³/mol. The van der Waals surface area contributed by atoms with Gasteiger partial charge in [-0.2, -0.15) is 0 Å². The molecule has 0 aromatic carbocycles. The third-order valence-electron chi connectivity index (χ3n) is 6.25. The molecular weight excluding hydrogens is 460 g/mol. The van der Waals surface area contributed by atoms with Gasteiger partial charge in [0, 0.05) is 56.5 Å². The smallest absolute Gasteiger partial charge is 0.337 e. The molecule has 2 fully saturated rings. The van der Waals surface area contributed by atoms with Crippen molar-refractivity contribution in [3.8, 4) is 0 Å². The molecule has 2 N–H and O–H groups in total. The van der Waals surface area contributed by atoms with E-state index in [0.717, 1.165) is 10.7 Å². The Morgan fingerprint density at radius 1 is 1.32 bits per heavy atom. The molecule has 1 aromatic rings. The monoisotopic (exact) mass is 490 g/mol. The highest BCUT2D eigenvalue weighted by Crippen LogP contribution is 2.26. The molecule has 3 aliphatic rings. The van der Waals surface area contributed by atoms with Crippen LogP contribution >= 0.6 is 11.3 Å². The summed E-state index contributed by atoms with van der Waals surface area (Å²) in [6.07, 6.45) is 1.71. The lowest BCUT2D eigenvalue weighted by Gasteiger charge is -2.37. The second-order valence-electron chi connectivity index (χ2n) is 9.24. The highest BCUT2D eigenvalue weighted by Gasteiger charge is 2.43. The maximum Gasteiger partial charge on any atom is 0.337 e. The topological polar surface area (TPSA) is 128 Å². The van der Waals surface area contributed by atoms with Crippen LogP contribution in [0, 0.1) is 5.41 Å². The fourth-order valence-electron chi connectivity index (χ4n) is 4.40. The molecule has 0 saturated carbocycles. The number of aromatic nitrogens is 1. The highest BCUT2D eigenvalue weighted by atomic mass is 32.1. The average molecular weight is 491 g/mol. The third-order valence-corrected chi connectivity index (χ3v) is 7.03. The normalized spacial score (nSPS) is 21.3. The van der Waals surface area contributed by atoms with Gasteiger partial charge in [0.1, 0.15) is 0 Å². The van der Waals surface area contributed by atoms with Gasteiger partial charge in [0.15, 0.2) is 10.8 Å². The Balaban J connectivity index is 1.45. The Morgan fingerprint density at radius 3 is 2.79 bits per heavy atom. The summed E-state index contributed by atoms with van der Waals surface area (Å²) in [5, 5.41) is 15.4. The van der Waals surface area contributed by atoms with Gasteiger partial charge in [-0.15, -0.1) is 11.3 Å². The summed E-state index contributed by atoms with van der Waals surface area (Å²) in [4.78, 5) is 51.4. The van der Waals surface area contributed by atoms with Crippen molar-refractivity contribution in [2.24, 2.45) is 10.4 Å². The minimum Gasteiger partial charge on any atom is -0.481 e. The Kier molecular flexibility index (Phi) is 6.89. The zero-order valence-electron chi connectivity index (χ0n) is 19.6. The molecule has 0 radical (unpaired) electrons. The van der Waals surface area contributed by atoms with Crippen molar-refractivity contribution < 1.29 is 24.2 Å². The number of nitrogens with one attached hydrogen (secondary N) is 1. The summed E-state index contributed by atoms with van der Waals surface area (Å²) >= 11 is 1.47. The molecule has 12 heteroatoms. The first-order valence-corrected chi connectivity index (χ1v) is 12.2. The van der Waals surface area contributed by atoms with Crippen molar-refractivity contribution >= 4 is 35.1 Å². The molecular formula is C22H30N6O5S. The van der Waals surface area contributed by atoms with Gasteiger partial charge in [-0.1, -0.05) is 0 Å². The maximum atomic E-state index is 12.9. The molecule has 0 unspecified atom stereocenters. The van der Waals surface area contributed by atoms with E-state index in [-0.39, 0.29) is 37.7 Å². The number of ether oxygens (including phenoxy) is 1. The van der Waals surface area contributed by atoms with Crippen LogP contribution in [0.2, 0.25) is 0 Å². The van der Waals surface area contributed by atoms with Crippen LogP contribution in [0.5, 0.6) is 0 Å². The summed E-state index contributed by atoms with van der Waals surface area (Å²) in [5.41, 5.74) is 0.221. The van der Waals surface area contributed by atoms with Crippen LogP contribution in [0.3, 0.4) is 0 Å². The molecule has 2 amide bonds. The quantitative estimate of drug-likeness (QED) is 0.513. The zero-order chi connectivity index (χ0) is 24.5. The van der Waals surface area contributed by atoms with Crippen molar-refractivity contribution in [1.82, 2.24) is 25.0 Å². The Labute approximate surface area is 202 Å². The van der Waals surface area contributed by atoms with Gasteiger partial charge in [-0.3, -0.25) is 14.7 Å². The molecule has 1 atom stereocenters. The summed E-state index contributed by atoms with van der Waals surface area (Å²) in [6.45, 7) is 8.48. The van der Waals surface area contributed by atoms with Gasteiger partial charge >= 0.3 is 18.0 Å². The van der Waals surface area contributed by atoms with E-state index in [4.69, 9.17) is 4.74 Å². The fourth-order valence-corrected chi connectivity index (χ4v) is 5.00. The molecule has 11 nitrogen and oxygen atoms in total. The number of thiazole rings is 1. The van der Waals surface area contributed by atoms with Gasteiger partial charge in [0.2, 0.25) is 0 Å². The lowest BCUT2D eigenvalue weighted by molar-refractivity contribution is -0.147. The first kappa shape index (κ1) is 24.1. The summed E-state index contributed by atoms with van der Waals surface area (Å²) in [7, 11) is 0.